The van der Waals surface area contributed by atoms with Crippen LogP contribution in [0.2, 0.25) is 0 Å². The van der Waals surface area contributed by atoms with E-state index in [0.29, 0.717) is 5.92 Å². The maximum absolute atomic E-state index is 11.1. The summed E-state index contributed by atoms with van der Waals surface area (Å²) in [4.78, 5) is 11.1. The van der Waals surface area contributed by atoms with Gasteiger partial charge in [0.15, 0.2) is 0 Å². The maximum Gasteiger partial charge on any atom is 0.244 e. The lowest BCUT2D eigenvalue weighted by atomic mass is 10.3. The highest BCUT2D eigenvalue weighted by molar-refractivity contribution is 5.88. The number of aliphatic hydroxyl groups is 1. The minimum Gasteiger partial charge on any atom is -0.396 e. The van der Waals surface area contributed by atoms with E-state index in [1.54, 1.807) is 6.08 Å². The highest BCUT2D eigenvalue weighted by Crippen LogP contribution is 2.29. The molecule has 0 heterocycles. The summed E-state index contributed by atoms with van der Waals surface area (Å²) in [5.74, 6) is 0.246. The van der Waals surface area contributed by atoms with Crippen molar-refractivity contribution in [2.24, 2.45) is 5.92 Å². The van der Waals surface area contributed by atoms with Crippen LogP contribution in [0.25, 0.3) is 0 Å². The Morgan fingerprint density at radius 3 is 2.75 bits per heavy atom. The summed E-state index contributed by atoms with van der Waals surface area (Å²) in [6, 6.07) is 0.207. The molecule has 0 aromatic heterocycles. The fourth-order valence-corrected chi connectivity index (χ4v) is 1.11. The van der Waals surface area contributed by atoms with Crippen LogP contribution in [0, 0.1) is 5.92 Å². The number of carbonyl (C=O) groups is 1. The Labute approximate surface area is 72.5 Å². The summed E-state index contributed by atoms with van der Waals surface area (Å²) in [5, 5.41) is 11.5. The molecule has 0 spiro atoms. The molecule has 2 atom stereocenters. The minimum absolute atomic E-state index is 0.0454. The van der Waals surface area contributed by atoms with Crippen molar-refractivity contribution in [3.8, 4) is 0 Å². The first-order valence-electron chi connectivity index (χ1n) is 4.19. The third kappa shape index (κ3) is 2.66. The first-order valence-corrected chi connectivity index (χ1v) is 4.19. The monoisotopic (exact) mass is 169 g/mol. The zero-order valence-electron chi connectivity index (χ0n) is 7.50. The van der Waals surface area contributed by atoms with E-state index >= 15 is 0 Å². The highest BCUT2D eigenvalue weighted by Gasteiger charge is 2.36. The molecule has 1 rings (SSSR count). The second kappa shape index (κ2) is 3.72. The van der Waals surface area contributed by atoms with E-state index in [1.807, 2.05) is 13.8 Å². The highest BCUT2D eigenvalue weighted by atomic mass is 16.3. The topological polar surface area (TPSA) is 49.3 Å². The van der Waals surface area contributed by atoms with Gasteiger partial charge in [0.25, 0.3) is 0 Å². The second-order valence-corrected chi connectivity index (χ2v) is 3.52. The molecule has 0 radical (unpaired) electrons. The second-order valence-electron chi connectivity index (χ2n) is 3.52. The lowest BCUT2D eigenvalue weighted by molar-refractivity contribution is -0.116. The Kier molecular flexibility index (Phi) is 2.87. The number of hydrogen-bond acceptors (Lipinski definition) is 2. The van der Waals surface area contributed by atoms with Gasteiger partial charge in [-0.15, -0.1) is 0 Å². The van der Waals surface area contributed by atoms with Crippen LogP contribution in [-0.2, 0) is 4.79 Å². The SMILES string of the molecule is CC(C)=CC(=O)N[C@@H]1C[C@H]1CO. The molecule has 1 aliphatic carbocycles. The summed E-state index contributed by atoms with van der Waals surface area (Å²) in [5.41, 5.74) is 0.994. The first kappa shape index (κ1) is 9.26. The van der Waals surface area contributed by atoms with Crippen molar-refractivity contribution in [1.29, 1.82) is 0 Å². The molecule has 2 N–H and O–H groups in total. The number of nitrogens with one attached hydrogen (secondary N) is 1. The molecule has 0 bridgehead atoms. The van der Waals surface area contributed by atoms with E-state index in [1.165, 1.54) is 0 Å². The van der Waals surface area contributed by atoms with Crippen LogP contribution in [0.1, 0.15) is 20.3 Å². The molecule has 0 saturated heterocycles. The van der Waals surface area contributed by atoms with Crippen molar-refractivity contribution >= 4 is 5.91 Å². The summed E-state index contributed by atoms with van der Waals surface area (Å²) in [6.07, 6.45) is 2.49. The molecule has 0 aliphatic heterocycles. The number of carbonyl (C=O) groups excluding carboxylic acids is 1. The largest absolute Gasteiger partial charge is 0.396 e. The molecular weight excluding hydrogens is 154 g/mol. The van der Waals surface area contributed by atoms with Crippen LogP contribution in [0.5, 0.6) is 0 Å². The van der Waals surface area contributed by atoms with Gasteiger partial charge in [-0.1, -0.05) is 5.57 Å². The van der Waals surface area contributed by atoms with Gasteiger partial charge >= 0.3 is 0 Å². The van der Waals surface area contributed by atoms with Gasteiger partial charge in [-0.25, -0.2) is 0 Å². The van der Waals surface area contributed by atoms with E-state index in [2.05, 4.69) is 5.32 Å². The fourth-order valence-electron chi connectivity index (χ4n) is 1.11. The predicted molar refractivity (Wildman–Crippen MR) is 46.6 cm³/mol. The fraction of sp³-hybridized carbons (Fsp3) is 0.667. The minimum atomic E-state index is -0.0454. The zero-order valence-corrected chi connectivity index (χ0v) is 7.50. The smallest absolute Gasteiger partial charge is 0.244 e. The molecule has 0 aromatic rings. The molecular formula is C9H15NO2. The van der Waals surface area contributed by atoms with Crippen LogP contribution in [0.4, 0.5) is 0 Å². The van der Waals surface area contributed by atoms with Gasteiger partial charge in [0, 0.05) is 24.6 Å². The molecule has 0 aromatic carbocycles. The van der Waals surface area contributed by atoms with Gasteiger partial charge < -0.3 is 10.4 Å². The number of amides is 1. The van der Waals surface area contributed by atoms with E-state index in [0.717, 1.165) is 12.0 Å². The Morgan fingerprint density at radius 2 is 2.33 bits per heavy atom. The van der Waals surface area contributed by atoms with E-state index in [-0.39, 0.29) is 18.6 Å². The Hall–Kier alpha value is -0.830. The lowest BCUT2D eigenvalue weighted by Gasteiger charge is -1.99. The van der Waals surface area contributed by atoms with Gasteiger partial charge in [-0.05, 0) is 20.3 Å². The Bertz CT molecular complexity index is 207. The van der Waals surface area contributed by atoms with Crippen molar-refractivity contribution in [2.75, 3.05) is 6.61 Å². The van der Waals surface area contributed by atoms with Crippen molar-refractivity contribution in [3.05, 3.63) is 11.6 Å². The molecule has 1 amide bonds. The van der Waals surface area contributed by atoms with Gasteiger partial charge in [0.1, 0.15) is 0 Å². The molecule has 3 heteroatoms. The summed E-state index contributed by atoms with van der Waals surface area (Å²) in [7, 11) is 0. The molecule has 1 aliphatic rings. The zero-order chi connectivity index (χ0) is 9.14. The molecule has 12 heavy (non-hydrogen) atoms. The molecule has 0 unspecified atom stereocenters. The molecule has 3 nitrogen and oxygen atoms in total. The van der Waals surface area contributed by atoms with Crippen molar-refractivity contribution in [1.82, 2.24) is 5.32 Å². The quantitative estimate of drug-likeness (QED) is 0.603. The third-order valence-electron chi connectivity index (χ3n) is 1.90. The van der Waals surface area contributed by atoms with Gasteiger partial charge in [0.2, 0.25) is 5.91 Å². The Balaban J connectivity index is 2.25. The van der Waals surface area contributed by atoms with E-state index in [9.17, 15) is 4.79 Å². The van der Waals surface area contributed by atoms with Crippen LogP contribution in [0.3, 0.4) is 0 Å². The molecule has 1 fully saturated rings. The average Bonchev–Trinajstić information content (AvgIpc) is 2.65. The summed E-state index contributed by atoms with van der Waals surface area (Å²) in [6.45, 7) is 3.95. The van der Waals surface area contributed by atoms with Crippen molar-refractivity contribution in [3.63, 3.8) is 0 Å². The summed E-state index contributed by atoms with van der Waals surface area (Å²) >= 11 is 0. The van der Waals surface area contributed by atoms with Crippen LogP contribution in [0.15, 0.2) is 11.6 Å². The lowest BCUT2D eigenvalue weighted by Crippen LogP contribution is -2.25. The standard InChI is InChI=1S/C9H15NO2/c1-6(2)3-9(12)10-8-4-7(8)5-11/h3,7-8,11H,4-5H2,1-2H3,(H,10,12)/t7-,8+/m0/s1. The normalized spacial score (nSPS) is 26.2. The predicted octanol–water partition coefficient (Wildman–Crippen LogP) is 0.450. The summed E-state index contributed by atoms with van der Waals surface area (Å²) < 4.78 is 0. The van der Waals surface area contributed by atoms with Gasteiger partial charge in [0.05, 0.1) is 0 Å². The van der Waals surface area contributed by atoms with Crippen molar-refractivity contribution < 1.29 is 9.90 Å². The number of rotatable bonds is 3. The number of aliphatic hydroxyl groups excluding tert-OH is 1. The van der Waals surface area contributed by atoms with Crippen LogP contribution >= 0.6 is 0 Å². The Morgan fingerprint density at radius 1 is 1.67 bits per heavy atom. The van der Waals surface area contributed by atoms with E-state index < -0.39 is 0 Å². The number of hydrogen-bond donors (Lipinski definition) is 2. The average molecular weight is 169 g/mol. The van der Waals surface area contributed by atoms with Gasteiger partial charge in [-0.3, -0.25) is 4.79 Å². The molecule has 68 valence electrons. The van der Waals surface area contributed by atoms with E-state index in [4.69, 9.17) is 5.11 Å². The first-order chi connectivity index (χ1) is 5.63. The number of allylic oxidation sites excluding steroid dienone is 1. The maximum atomic E-state index is 11.1. The van der Waals surface area contributed by atoms with Crippen LogP contribution in [-0.4, -0.2) is 23.7 Å². The third-order valence-corrected chi connectivity index (χ3v) is 1.90. The van der Waals surface area contributed by atoms with Gasteiger partial charge in [-0.2, -0.15) is 0 Å². The van der Waals surface area contributed by atoms with Crippen LogP contribution < -0.4 is 5.32 Å². The van der Waals surface area contributed by atoms with Crippen molar-refractivity contribution in [2.45, 2.75) is 26.3 Å². The molecule has 1 saturated carbocycles.